The minimum Gasteiger partial charge on any atom is -0.486 e. The highest BCUT2D eigenvalue weighted by atomic mass is 32.2. The fourth-order valence-electron chi connectivity index (χ4n) is 4.72. The van der Waals surface area contributed by atoms with Gasteiger partial charge in [0.25, 0.3) is 0 Å². The van der Waals surface area contributed by atoms with Crippen LogP contribution in [0.1, 0.15) is 38.3 Å². The van der Waals surface area contributed by atoms with Crippen LogP contribution in [0.15, 0.2) is 53.4 Å². The van der Waals surface area contributed by atoms with Crippen molar-refractivity contribution in [2.45, 2.75) is 43.7 Å². The Morgan fingerprint density at radius 2 is 1.79 bits per heavy atom. The van der Waals surface area contributed by atoms with E-state index in [4.69, 9.17) is 9.47 Å². The highest BCUT2D eigenvalue weighted by Crippen LogP contribution is 2.35. The Labute approximate surface area is 201 Å². The molecule has 1 N–H and O–H groups in total. The van der Waals surface area contributed by atoms with E-state index in [1.165, 1.54) is 16.4 Å². The van der Waals surface area contributed by atoms with Gasteiger partial charge in [-0.3, -0.25) is 9.69 Å². The molecule has 1 amide bonds. The van der Waals surface area contributed by atoms with E-state index >= 15 is 0 Å². The zero-order valence-electron chi connectivity index (χ0n) is 19.8. The van der Waals surface area contributed by atoms with Crippen LogP contribution in [0, 0.1) is 0 Å². The summed E-state index contributed by atoms with van der Waals surface area (Å²) >= 11 is 0. The minimum atomic E-state index is -3.86. The van der Waals surface area contributed by atoms with E-state index in [9.17, 15) is 13.2 Å². The molecule has 2 unspecified atom stereocenters. The quantitative estimate of drug-likeness (QED) is 0.585. The van der Waals surface area contributed by atoms with Crippen molar-refractivity contribution in [2.24, 2.45) is 0 Å². The van der Waals surface area contributed by atoms with Crippen LogP contribution in [0.5, 0.6) is 11.5 Å². The van der Waals surface area contributed by atoms with Crippen LogP contribution in [-0.2, 0) is 14.8 Å². The average Bonchev–Trinajstić information content (AvgIpc) is 3.38. The lowest BCUT2D eigenvalue weighted by atomic mass is 10.0. The van der Waals surface area contributed by atoms with Gasteiger partial charge in [-0.25, -0.2) is 8.42 Å². The second kappa shape index (κ2) is 10.8. The van der Waals surface area contributed by atoms with E-state index in [1.807, 2.05) is 18.2 Å². The van der Waals surface area contributed by atoms with Crippen molar-refractivity contribution < 1.29 is 22.7 Å². The molecule has 1 saturated heterocycles. The van der Waals surface area contributed by atoms with Gasteiger partial charge in [0.2, 0.25) is 15.9 Å². The van der Waals surface area contributed by atoms with Crippen molar-refractivity contribution >= 4 is 15.9 Å². The van der Waals surface area contributed by atoms with Crippen LogP contribution in [0.2, 0.25) is 0 Å². The van der Waals surface area contributed by atoms with Gasteiger partial charge < -0.3 is 14.8 Å². The largest absolute Gasteiger partial charge is 0.486 e. The van der Waals surface area contributed by atoms with Crippen LogP contribution < -0.4 is 14.8 Å². The Morgan fingerprint density at radius 1 is 1.09 bits per heavy atom. The SMILES string of the molecule is CCN(CC)C(CNC(=O)C1CCCN1S(=O)(=O)c1ccc2c(c1)OCCO2)c1ccccc1. The first-order chi connectivity index (χ1) is 16.5. The number of nitrogens with zero attached hydrogens (tertiary/aromatic N) is 2. The fourth-order valence-corrected chi connectivity index (χ4v) is 6.39. The number of nitrogens with one attached hydrogen (secondary N) is 1. The molecule has 4 rings (SSSR count). The average molecular weight is 488 g/mol. The zero-order chi connectivity index (χ0) is 24.1. The topological polar surface area (TPSA) is 88.2 Å². The third kappa shape index (κ3) is 5.06. The molecule has 0 aliphatic carbocycles. The third-order valence-electron chi connectivity index (χ3n) is 6.53. The summed E-state index contributed by atoms with van der Waals surface area (Å²) in [7, 11) is -3.86. The molecule has 0 spiro atoms. The number of ether oxygens (including phenoxy) is 2. The number of likely N-dealkylation sites (N-methyl/N-ethyl adjacent to an activating group) is 1. The molecule has 0 radical (unpaired) electrons. The van der Waals surface area contributed by atoms with E-state index in [1.54, 1.807) is 6.07 Å². The number of hydrogen-bond acceptors (Lipinski definition) is 6. The van der Waals surface area contributed by atoms with Crippen molar-refractivity contribution in [3.63, 3.8) is 0 Å². The number of rotatable bonds is 9. The summed E-state index contributed by atoms with van der Waals surface area (Å²) in [6, 6.07) is 14.0. The van der Waals surface area contributed by atoms with Crippen LogP contribution in [0.4, 0.5) is 0 Å². The molecule has 8 nitrogen and oxygen atoms in total. The number of amides is 1. The second-order valence-corrected chi connectivity index (χ2v) is 10.4. The maximum atomic E-state index is 13.4. The van der Waals surface area contributed by atoms with Crippen molar-refractivity contribution in [3.8, 4) is 11.5 Å². The summed E-state index contributed by atoms with van der Waals surface area (Å²) in [5.41, 5.74) is 1.12. The van der Waals surface area contributed by atoms with Crippen molar-refractivity contribution in [3.05, 3.63) is 54.1 Å². The maximum absolute atomic E-state index is 13.4. The predicted octanol–water partition coefficient (Wildman–Crippen LogP) is 2.81. The molecule has 2 heterocycles. The first kappa shape index (κ1) is 24.5. The molecule has 0 bridgehead atoms. The Bertz CT molecular complexity index is 1090. The Hall–Kier alpha value is -2.62. The summed E-state index contributed by atoms with van der Waals surface area (Å²) in [4.78, 5) is 15.6. The lowest BCUT2D eigenvalue weighted by Crippen LogP contribution is -2.48. The van der Waals surface area contributed by atoms with Gasteiger partial charge in [0.05, 0.1) is 10.9 Å². The Balaban J connectivity index is 1.49. The number of carbonyl (C=O) groups is 1. The van der Waals surface area contributed by atoms with Gasteiger partial charge in [0.15, 0.2) is 11.5 Å². The van der Waals surface area contributed by atoms with Crippen LogP contribution in [0.25, 0.3) is 0 Å². The summed E-state index contributed by atoms with van der Waals surface area (Å²) in [6.45, 7) is 7.43. The fraction of sp³-hybridized carbons (Fsp3) is 0.480. The zero-order valence-corrected chi connectivity index (χ0v) is 20.6. The minimum absolute atomic E-state index is 0.0180. The number of carbonyl (C=O) groups excluding carboxylic acids is 1. The van der Waals surface area contributed by atoms with E-state index in [-0.39, 0.29) is 16.8 Å². The van der Waals surface area contributed by atoms with E-state index < -0.39 is 16.1 Å². The van der Waals surface area contributed by atoms with E-state index in [0.29, 0.717) is 50.6 Å². The predicted molar refractivity (Wildman–Crippen MR) is 129 cm³/mol. The summed E-state index contributed by atoms with van der Waals surface area (Å²) in [5, 5.41) is 3.04. The molecular formula is C25H33N3O5S. The molecule has 2 aliphatic heterocycles. The third-order valence-corrected chi connectivity index (χ3v) is 8.44. The number of benzene rings is 2. The lowest BCUT2D eigenvalue weighted by Gasteiger charge is -2.31. The standard InChI is InChI=1S/C25H33N3O5S/c1-3-27(4-2)22(19-9-6-5-7-10-19)18-26-25(29)21-11-8-14-28(21)34(30,31)20-12-13-23-24(17-20)33-16-15-32-23/h5-7,9-10,12-13,17,21-22H,3-4,8,11,14-16,18H2,1-2H3,(H,26,29). The van der Waals surface area contributed by atoms with Gasteiger partial charge in [-0.05, 0) is 43.6 Å². The first-order valence-electron chi connectivity index (χ1n) is 11.9. The van der Waals surface area contributed by atoms with Crippen molar-refractivity contribution in [1.82, 2.24) is 14.5 Å². The molecule has 0 aromatic heterocycles. The van der Waals surface area contributed by atoms with Gasteiger partial charge in [0.1, 0.15) is 19.3 Å². The monoisotopic (exact) mass is 487 g/mol. The van der Waals surface area contributed by atoms with E-state index in [0.717, 1.165) is 18.7 Å². The molecule has 9 heteroatoms. The molecule has 0 saturated carbocycles. The highest BCUT2D eigenvalue weighted by Gasteiger charge is 2.40. The molecule has 1 fully saturated rings. The Morgan fingerprint density at radius 3 is 2.50 bits per heavy atom. The molecule has 2 aromatic carbocycles. The van der Waals surface area contributed by atoms with Gasteiger partial charge in [-0.1, -0.05) is 44.2 Å². The van der Waals surface area contributed by atoms with Crippen molar-refractivity contribution in [1.29, 1.82) is 0 Å². The normalized spacial score (nSPS) is 19.2. The lowest BCUT2D eigenvalue weighted by molar-refractivity contribution is -0.124. The van der Waals surface area contributed by atoms with E-state index in [2.05, 4.69) is 36.2 Å². The molecule has 184 valence electrons. The van der Waals surface area contributed by atoms with Gasteiger partial charge in [-0.2, -0.15) is 4.31 Å². The smallest absolute Gasteiger partial charge is 0.243 e. The number of sulfonamides is 1. The van der Waals surface area contributed by atoms with Gasteiger partial charge in [0, 0.05) is 19.2 Å². The van der Waals surface area contributed by atoms with Crippen molar-refractivity contribution in [2.75, 3.05) is 39.4 Å². The summed E-state index contributed by atoms with van der Waals surface area (Å²) in [5.74, 6) is 0.688. The maximum Gasteiger partial charge on any atom is 0.243 e. The second-order valence-electron chi connectivity index (χ2n) is 8.47. The summed E-state index contributed by atoms with van der Waals surface area (Å²) < 4.78 is 39.3. The number of fused-ring (bicyclic) bond motifs is 1. The Kier molecular flexibility index (Phi) is 7.75. The molecule has 2 atom stereocenters. The highest BCUT2D eigenvalue weighted by molar-refractivity contribution is 7.89. The van der Waals surface area contributed by atoms with Gasteiger partial charge >= 0.3 is 0 Å². The summed E-state index contributed by atoms with van der Waals surface area (Å²) in [6.07, 6.45) is 1.14. The molecular weight excluding hydrogens is 454 g/mol. The molecule has 34 heavy (non-hydrogen) atoms. The molecule has 2 aromatic rings. The number of hydrogen-bond donors (Lipinski definition) is 1. The van der Waals surface area contributed by atoms with Crippen LogP contribution in [0.3, 0.4) is 0 Å². The molecule has 2 aliphatic rings. The van der Waals surface area contributed by atoms with Crippen LogP contribution in [-0.4, -0.2) is 69.0 Å². The van der Waals surface area contributed by atoms with Gasteiger partial charge in [-0.15, -0.1) is 0 Å². The van der Waals surface area contributed by atoms with Crippen LogP contribution >= 0.6 is 0 Å². The first-order valence-corrected chi connectivity index (χ1v) is 13.4.